The van der Waals surface area contributed by atoms with Gasteiger partial charge in [0.25, 0.3) is 0 Å². The Morgan fingerprint density at radius 3 is 2.60 bits per heavy atom. The minimum Gasteiger partial charge on any atom is -0.453 e. The van der Waals surface area contributed by atoms with Crippen LogP contribution in [-0.4, -0.2) is 32.2 Å². The first-order valence-electron chi connectivity index (χ1n) is 6.63. The van der Waals surface area contributed by atoms with E-state index in [4.69, 9.17) is 0 Å². The Bertz CT molecular complexity index is 486. The Balaban J connectivity index is 1.79. The highest BCUT2D eigenvalue weighted by Crippen LogP contribution is 2.27. The highest BCUT2D eigenvalue weighted by atomic mass is 16.5. The van der Waals surface area contributed by atoms with E-state index >= 15 is 0 Å². The summed E-state index contributed by atoms with van der Waals surface area (Å²) >= 11 is 0. The maximum absolute atomic E-state index is 11.7. The van der Waals surface area contributed by atoms with Gasteiger partial charge in [0, 0.05) is 11.4 Å². The molecule has 0 bridgehead atoms. The van der Waals surface area contributed by atoms with Crippen molar-refractivity contribution in [1.29, 1.82) is 0 Å². The summed E-state index contributed by atoms with van der Waals surface area (Å²) in [6.07, 6.45) is 1.98. The standard InChI is InChI=1S/C14H19N3O3/c1-20-14(19)17-12-4-2-3-11(7-12)16-13(18)9-15-8-10-5-6-10/h2-4,7,10,15H,5-6,8-9H2,1H3,(H,16,18)(H,17,19). The molecule has 0 spiro atoms. The molecular weight excluding hydrogens is 258 g/mol. The number of hydrogen-bond acceptors (Lipinski definition) is 4. The van der Waals surface area contributed by atoms with Gasteiger partial charge in [0.2, 0.25) is 5.91 Å². The number of carbonyl (C=O) groups excluding carboxylic acids is 2. The summed E-state index contributed by atoms with van der Waals surface area (Å²) < 4.78 is 4.51. The van der Waals surface area contributed by atoms with Crippen molar-refractivity contribution in [3.63, 3.8) is 0 Å². The van der Waals surface area contributed by atoms with Crippen molar-refractivity contribution in [2.75, 3.05) is 30.8 Å². The number of anilines is 2. The van der Waals surface area contributed by atoms with Gasteiger partial charge in [-0.15, -0.1) is 0 Å². The summed E-state index contributed by atoms with van der Waals surface area (Å²) in [6.45, 7) is 1.20. The van der Waals surface area contributed by atoms with Crippen LogP contribution >= 0.6 is 0 Å². The largest absolute Gasteiger partial charge is 0.453 e. The van der Waals surface area contributed by atoms with E-state index in [1.807, 2.05) is 0 Å². The number of rotatable bonds is 6. The first-order chi connectivity index (χ1) is 9.67. The van der Waals surface area contributed by atoms with Crippen LogP contribution in [0.25, 0.3) is 0 Å². The Morgan fingerprint density at radius 1 is 1.25 bits per heavy atom. The van der Waals surface area contributed by atoms with E-state index in [2.05, 4.69) is 20.7 Å². The minimum atomic E-state index is -0.542. The number of nitrogens with one attached hydrogen (secondary N) is 3. The summed E-state index contributed by atoms with van der Waals surface area (Å²) in [6, 6.07) is 6.91. The van der Waals surface area contributed by atoms with Crippen LogP contribution in [0.5, 0.6) is 0 Å². The topological polar surface area (TPSA) is 79.5 Å². The maximum atomic E-state index is 11.7. The third kappa shape index (κ3) is 4.89. The van der Waals surface area contributed by atoms with E-state index in [1.54, 1.807) is 24.3 Å². The number of carbonyl (C=O) groups is 2. The van der Waals surface area contributed by atoms with E-state index in [-0.39, 0.29) is 5.91 Å². The fourth-order valence-electron chi connectivity index (χ4n) is 1.76. The van der Waals surface area contributed by atoms with Gasteiger partial charge in [0.05, 0.1) is 13.7 Å². The highest BCUT2D eigenvalue weighted by molar-refractivity contribution is 5.93. The van der Waals surface area contributed by atoms with Crippen molar-refractivity contribution < 1.29 is 14.3 Å². The van der Waals surface area contributed by atoms with Gasteiger partial charge in [0.1, 0.15) is 0 Å². The lowest BCUT2D eigenvalue weighted by Crippen LogP contribution is -2.29. The molecule has 0 aliphatic heterocycles. The van der Waals surface area contributed by atoms with Crippen LogP contribution in [-0.2, 0) is 9.53 Å². The van der Waals surface area contributed by atoms with Gasteiger partial charge in [-0.3, -0.25) is 10.1 Å². The number of hydrogen-bond donors (Lipinski definition) is 3. The molecule has 6 heteroatoms. The van der Waals surface area contributed by atoms with Crippen molar-refractivity contribution in [3.8, 4) is 0 Å². The molecule has 1 saturated carbocycles. The van der Waals surface area contributed by atoms with Crippen LogP contribution in [0, 0.1) is 5.92 Å². The van der Waals surface area contributed by atoms with Gasteiger partial charge >= 0.3 is 6.09 Å². The molecule has 3 N–H and O–H groups in total. The smallest absolute Gasteiger partial charge is 0.411 e. The molecular formula is C14H19N3O3. The molecule has 1 aromatic carbocycles. The summed E-state index contributed by atoms with van der Waals surface area (Å²) in [5.74, 6) is 0.649. The Morgan fingerprint density at radius 2 is 1.95 bits per heavy atom. The van der Waals surface area contributed by atoms with Gasteiger partial charge in [-0.25, -0.2) is 4.79 Å². The molecule has 0 atom stereocenters. The summed E-state index contributed by atoms with van der Waals surface area (Å²) in [4.78, 5) is 22.8. The molecule has 0 saturated heterocycles. The molecule has 2 amide bonds. The first kappa shape index (κ1) is 14.3. The second-order valence-corrected chi connectivity index (χ2v) is 4.82. The zero-order valence-corrected chi connectivity index (χ0v) is 11.4. The van der Waals surface area contributed by atoms with Gasteiger partial charge in [-0.2, -0.15) is 0 Å². The van der Waals surface area contributed by atoms with Gasteiger partial charge in [0.15, 0.2) is 0 Å². The van der Waals surface area contributed by atoms with Gasteiger partial charge in [-0.05, 0) is 43.5 Å². The molecule has 0 heterocycles. The molecule has 0 unspecified atom stereocenters. The zero-order valence-electron chi connectivity index (χ0n) is 11.4. The molecule has 0 aromatic heterocycles. The number of amides is 2. The number of ether oxygens (including phenoxy) is 1. The van der Waals surface area contributed by atoms with Crippen molar-refractivity contribution in [3.05, 3.63) is 24.3 Å². The van der Waals surface area contributed by atoms with Crippen LogP contribution in [0.4, 0.5) is 16.2 Å². The lowest BCUT2D eigenvalue weighted by molar-refractivity contribution is -0.115. The van der Waals surface area contributed by atoms with Gasteiger partial charge < -0.3 is 15.4 Å². The summed E-state index contributed by atoms with van der Waals surface area (Å²) in [5, 5.41) is 8.44. The Kier molecular flexibility index (Phi) is 4.95. The van der Waals surface area contributed by atoms with E-state index < -0.39 is 6.09 Å². The molecule has 108 valence electrons. The lowest BCUT2D eigenvalue weighted by atomic mass is 10.2. The van der Waals surface area contributed by atoms with Crippen LogP contribution in [0.2, 0.25) is 0 Å². The van der Waals surface area contributed by atoms with Crippen molar-refractivity contribution >= 4 is 23.4 Å². The second-order valence-electron chi connectivity index (χ2n) is 4.82. The average Bonchev–Trinajstić information content (AvgIpc) is 3.23. The van der Waals surface area contributed by atoms with E-state index in [1.165, 1.54) is 20.0 Å². The fraction of sp³-hybridized carbons (Fsp3) is 0.429. The SMILES string of the molecule is COC(=O)Nc1cccc(NC(=O)CNCC2CC2)c1. The fourth-order valence-corrected chi connectivity index (χ4v) is 1.76. The average molecular weight is 277 g/mol. The predicted molar refractivity (Wildman–Crippen MR) is 76.7 cm³/mol. The molecule has 1 fully saturated rings. The van der Waals surface area contributed by atoms with E-state index in [9.17, 15) is 9.59 Å². The number of methoxy groups -OCH3 is 1. The van der Waals surface area contributed by atoms with Crippen LogP contribution in [0.3, 0.4) is 0 Å². The molecule has 1 aliphatic carbocycles. The van der Waals surface area contributed by atoms with Crippen LogP contribution in [0.1, 0.15) is 12.8 Å². The van der Waals surface area contributed by atoms with E-state index in [0.717, 1.165) is 12.5 Å². The van der Waals surface area contributed by atoms with Crippen LogP contribution < -0.4 is 16.0 Å². The summed E-state index contributed by atoms with van der Waals surface area (Å²) in [7, 11) is 1.30. The lowest BCUT2D eigenvalue weighted by Gasteiger charge is -2.08. The molecule has 2 rings (SSSR count). The highest BCUT2D eigenvalue weighted by Gasteiger charge is 2.20. The number of benzene rings is 1. The van der Waals surface area contributed by atoms with Crippen molar-refractivity contribution in [2.45, 2.75) is 12.8 Å². The summed E-state index contributed by atoms with van der Waals surface area (Å²) in [5.41, 5.74) is 1.21. The van der Waals surface area contributed by atoms with Gasteiger partial charge in [-0.1, -0.05) is 6.07 Å². The molecule has 1 aliphatic rings. The quantitative estimate of drug-likeness (QED) is 0.741. The normalized spacial score (nSPS) is 13.7. The zero-order chi connectivity index (χ0) is 14.4. The monoisotopic (exact) mass is 277 g/mol. The molecule has 6 nitrogen and oxygen atoms in total. The third-order valence-corrected chi connectivity index (χ3v) is 2.99. The van der Waals surface area contributed by atoms with Crippen LogP contribution in [0.15, 0.2) is 24.3 Å². The molecule has 20 heavy (non-hydrogen) atoms. The first-order valence-corrected chi connectivity index (χ1v) is 6.63. The van der Waals surface area contributed by atoms with Crippen molar-refractivity contribution in [2.24, 2.45) is 5.92 Å². The molecule has 1 aromatic rings. The van der Waals surface area contributed by atoms with E-state index in [0.29, 0.717) is 17.9 Å². The maximum Gasteiger partial charge on any atom is 0.411 e. The Labute approximate surface area is 117 Å². The third-order valence-electron chi connectivity index (χ3n) is 2.99. The van der Waals surface area contributed by atoms with Crippen molar-refractivity contribution in [1.82, 2.24) is 5.32 Å². The predicted octanol–water partition coefficient (Wildman–Crippen LogP) is 1.80. The minimum absolute atomic E-state index is 0.0964. The Hall–Kier alpha value is -2.08. The second kappa shape index (κ2) is 6.91. The molecule has 0 radical (unpaired) electrons.